The molecule has 15 heavy (non-hydrogen) atoms. The Bertz CT molecular complexity index is 378. The topological polar surface area (TPSA) is 26.0 Å². The van der Waals surface area contributed by atoms with Crippen molar-refractivity contribution in [1.82, 2.24) is 0 Å². The summed E-state index contributed by atoms with van der Waals surface area (Å²) in [5, 5.41) is 0.866. The first-order valence-corrected chi connectivity index (χ1v) is 5.97. The molecule has 1 nitrogen and oxygen atoms in total. The largest absolute Gasteiger partial charge is 0.321 e. The highest BCUT2D eigenvalue weighted by molar-refractivity contribution is 6.32. The van der Waals surface area contributed by atoms with Gasteiger partial charge in [0.05, 0.1) is 0 Å². The third-order valence-corrected chi connectivity index (χ3v) is 3.93. The van der Waals surface area contributed by atoms with E-state index in [0.29, 0.717) is 0 Å². The van der Waals surface area contributed by atoms with Crippen molar-refractivity contribution in [3.05, 3.63) is 33.8 Å². The second-order valence-corrected chi connectivity index (χ2v) is 5.18. The van der Waals surface area contributed by atoms with E-state index in [1.54, 1.807) is 0 Å². The van der Waals surface area contributed by atoms with Crippen LogP contribution in [0.25, 0.3) is 0 Å². The number of hydrogen-bond donors (Lipinski definition) is 1. The molecule has 0 bridgehead atoms. The Balaban J connectivity index is 2.51. The first-order chi connectivity index (χ1) is 7.03. The summed E-state index contributed by atoms with van der Waals surface area (Å²) in [6.07, 6.45) is 4.57. The first kappa shape index (κ1) is 11.0. The van der Waals surface area contributed by atoms with Crippen molar-refractivity contribution in [3.63, 3.8) is 0 Å². The Morgan fingerprint density at radius 1 is 1.20 bits per heavy atom. The molecule has 1 aliphatic rings. The van der Waals surface area contributed by atoms with Crippen molar-refractivity contribution in [1.29, 1.82) is 0 Å². The summed E-state index contributed by atoms with van der Waals surface area (Å²) in [6.45, 7) is 4.16. The van der Waals surface area contributed by atoms with Crippen LogP contribution < -0.4 is 5.73 Å². The molecule has 0 radical (unpaired) electrons. The van der Waals surface area contributed by atoms with Crippen LogP contribution in [0.3, 0.4) is 0 Å². The molecule has 2 N–H and O–H groups in total. The molecule has 0 aromatic heterocycles. The first-order valence-electron chi connectivity index (χ1n) is 5.59. The Morgan fingerprint density at radius 2 is 1.80 bits per heavy atom. The predicted octanol–water partition coefficient (Wildman–Crippen LogP) is 3.68. The molecule has 1 aliphatic carbocycles. The lowest BCUT2D eigenvalue weighted by Gasteiger charge is -2.26. The monoisotopic (exact) mass is 223 g/mol. The van der Waals surface area contributed by atoms with Gasteiger partial charge in [-0.1, -0.05) is 42.1 Å². The van der Waals surface area contributed by atoms with Gasteiger partial charge in [0.2, 0.25) is 0 Å². The molecule has 1 saturated carbocycles. The van der Waals surface area contributed by atoms with Crippen LogP contribution in [-0.4, -0.2) is 0 Å². The van der Waals surface area contributed by atoms with E-state index >= 15 is 0 Å². The van der Waals surface area contributed by atoms with Crippen LogP contribution in [-0.2, 0) is 5.54 Å². The molecule has 0 atom stereocenters. The average molecular weight is 224 g/mol. The fourth-order valence-electron chi connectivity index (χ4n) is 2.59. The summed E-state index contributed by atoms with van der Waals surface area (Å²) in [4.78, 5) is 0. The molecule has 0 amide bonds. The second-order valence-electron chi connectivity index (χ2n) is 4.81. The smallest absolute Gasteiger partial charge is 0.0485 e. The van der Waals surface area contributed by atoms with Crippen molar-refractivity contribution in [3.8, 4) is 0 Å². The van der Waals surface area contributed by atoms with Crippen LogP contribution in [0.2, 0.25) is 5.02 Å². The zero-order chi connectivity index (χ0) is 11.1. The molecule has 0 aliphatic heterocycles. The fourth-order valence-corrected chi connectivity index (χ4v) is 2.88. The summed E-state index contributed by atoms with van der Waals surface area (Å²) in [5.41, 5.74) is 9.81. The molecule has 1 aromatic carbocycles. The normalized spacial score (nSPS) is 19.5. The molecule has 2 rings (SSSR count). The second kappa shape index (κ2) is 3.80. The van der Waals surface area contributed by atoms with Gasteiger partial charge in [0.15, 0.2) is 0 Å². The Morgan fingerprint density at radius 3 is 2.40 bits per heavy atom. The summed E-state index contributed by atoms with van der Waals surface area (Å²) >= 11 is 6.35. The zero-order valence-corrected chi connectivity index (χ0v) is 10.2. The van der Waals surface area contributed by atoms with Crippen LogP contribution in [0, 0.1) is 13.8 Å². The van der Waals surface area contributed by atoms with E-state index in [-0.39, 0.29) is 5.54 Å². The van der Waals surface area contributed by atoms with E-state index in [1.165, 1.54) is 18.4 Å². The minimum Gasteiger partial charge on any atom is -0.321 e. The van der Waals surface area contributed by atoms with E-state index in [9.17, 15) is 0 Å². The molecule has 0 saturated heterocycles. The number of rotatable bonds is 1. The zero-order valence-electron chi connectivity index (χ0n) is 9.44. The van der Waals surface area contributed by atoms with Gasteiger partial charge in [-0.15, -0.1) is 0 Å². The van der Waals surface area contributed by atoms with Crippen molar-refractivity contribution >= 4 is 11.6 Å². The van der Waals surface area contributed by atoms with Crippen molar-refractivity contribution in [2.45, 2.75) is 45.1 Å². The fraction of sp³-hybridized carbons (Fsp3) is 0.538. The van der Waals surface area contributed by atoms with Gasteiger partial charge in [-0.3, -0.25) is 0 Å². The highest BCUT2D eigenvalue weighted by Gasteiger charge is 2.33. The Kier molecular flexibility index (Phi) is 2.78. The molecule has 2 heteroatoms. The molecular formula is C13H18ClN. The summed E-state index contributed by atoms with van der Waals surface area (Å²) < 4.78 is 0. The van der Waals surface area contributed by atoms with E-state index < -0.39 is 0 Å². The van der Waals surface area contributed by atoms with Gasteiger partial charge in [-0.25, -0.2) is 0 Å². The molecule has 1 aromatic rings. The van der Waals surface area contributed by atoms with Gasteiger partial charge in [-0.05, 0) is 37.8 Å². The molecule has 82 valence electrons. The van der Waals surface area contributed by atoms with Gasteiger partial charge >= 0.3 is 0 Å². The van der Waals surface area contributed by atoms with E-state index in [4.69, 9.17) is 17.3 Å². The number of halogens is 1. The maximum absolute atomic E-state index is 6.43. The van der Waals surface area contributed by atoms with Gasteiger partial charge < -0.3 is 5.73 Å². The van der Waals surface area contributed by atoms with Gasteiger partial charge in [0.25, 0.3) is 0 Å². The van der Waals surface area contributed by atoms with Crippen LogP contribution in [0.1, 0.15) is 42.4 Å². The minimum absolute atomic E-state index is 0.173. The van der Waals surface area contributed by atoms with E-state index in [1.807, 2.05) is 0 Å². The number of nitrogens with two attached hydrogens (primary N) is 1. The predicted molar refractivity (Wildman–Crippen MR) is 65.3 cm³/mol. The Hall–Kier alpha value is -0.530. The van der Waals surface area contributed by atoms with Crippen LogP contribution in [0.15, 0.2) is 12.1 Å². The highest BCUT2D eigenvalue weighted by atomic mass is 35.5. The summed E-state index contributed by atoms with van der Waals surface area (Å²) in [6, 6.07) is 4.27. The van der Waals surface area contributed by atoms with Crippen molar-refractivity contribution in [2.75, 3.05) is 0 Å². The molecule has 0 spiro atoms. The van der Waals surface area contributed by atoms with E-state index in [0.717, 1.165) is 29.0 Å². The lowest BCUT2D eigenvalue weighted by molar-refractivity contribution is 0.461. The third kappa shape index (κ3) is 1.91. The highest BCUT2D eigenvalue weighted by Crippen LogP contribution is 2.40. The summed E-state index contributed by atoms with van der Waals surface area (Å²) in [5.74, 6) is 0. The SMILES string of the molecule is Cc1cc(C)c(Cl)c(C2(N)CCCC2)c1. The molecule has 0 unspecified atom stereocenters. The Labute approximate surface area is 96.6 Å². The maximum atomic E-state index is 6.43. The van der Waals surface area contributed by atoms with Crippen LogP contribution in [0.5, 0.6) is 0 Å². The number of benzene rings is 1. The molecule has 1 fully saturated rings. The van der Waals surface area contributed by atoms with Crippen LogP contribution >= 0.6 is 11.6 Å². The number of hydrogen-bond acceptors (Lipinski definition) is 1. The van der Waals surface area contributed by atoms with Gasteiger partial charge in [-0.2, -0.15) is 0 Å². The molecule has 0 heterocycles. The van der Waals surface area contributed by atoms with Gasteiger partial charge in [0, 0.05) is 10.6 Å². The van der Waals surface area contributed by atoms with Crippen LogP contribution in [0.4, 0.5) is 0 Å². The average Bonchev–Trinajstić information content (AvgIpc) is 2.59. The lowest BCUT2D eigenvalue weighted by atomic mass is 9.87. The van der Waals surface area contributed by atoms with Crippen molar-refractivity contribution in [2.24, 2.45) is 5.73 Å². The van der Waals surface area contributed by atoms with E-state index in [2.05, 4.69) is 26.0 Å². The minimum atomic E-state index is -0.173. The maximum Gasteiger partial charge on any atom is 0.0485 e. The lowest BCUT2D eigenvalue weighted by Crippen LogP contribution is -2.33. The van der Waals surface area contributed by atoms with Gasteiger partial charge in [0.1, 0.15) is 0 Å². The quantitative estimate of drug-likeness (QED) is 0.772. The molecular weight excluding hydrogens is 206 g/mol. The number of aryl methyl sites for hydroxylation is 2. The standard InChI is InChI=1S/C13H18ClN/c1-9-7-10(2)12(14)11(8-9)13(15)5-3-4-6-13/h7-8H,3-6,15H2,1-2H3. The van der Waals surface area contributed by atoms with Crippen molar-refractivity contribution < 1.29 is 0 Å². The third-order valence-electron chi connectivity index (χ3n) is 3.43. The summed E-state index contributed by atoms with van der Waals surface area (Å²) in [7, 11) is 0.